The van der Waals surface area contributed by atoms with Crippen molar-refractivity contribution in [3.05, 3.63) is 0 Å². The minimum atomic E-state index is -2.51. The Labute approximate surface area is 97.1 Å². The molecule has 0 fully saturated rings. The topological polar surface area (TPSA) is 77.8 Å². The summed E-state index contributed by atoms with van der Waals surface area (Å²) < 4.78 is 0. The number of alkyl halides is 1. The van der Waals surface area contributed by atoms with Crippen molar-refractivity contribution in [2.45, 2.75) is 5.06 Å². The van der Waals surface area contributed by atoms with E-state index in [1.54, 1.807) is 0 Å². The Kier molecular flexibility index (Phi) is 12.0. The van der Waals surface area contributed by atoms with Gasteiger partial charge in [0.2, 0.25) is 0 Å². The molecule has 0 radical (unpaired) electrons. The van der Waals surface area contributed by atoms with Crippen LogP contribution in [0.25, 0.3) is 0 Å². The quantitative estimate of drug-likeness (QED) is 0.304. The van der Waals surface area contributed by atoms with Crippen molar-refractivity contribution in [2.24, 2.45) is 0 Å². The van der Waals surface area contributed by atoms with Crippen molar-refractivity contribution >= 4 is 34.9 Å². The van der Waals surface area contributed by atoms with E-state index in [-0.39, 0.29) is 48.3 Å². The molecule has 0 spiro atoms. The molecule has 1 atom stereocenters. The number of aliphatic carboxylic acids is 1. The van der Waals surface area contributed by atoms with Gasteiger partial charge in [0.15, 0.2) is 17.4 Å². The molecule has 7 heteroatoms. The summed E-state index contributed by atoms with van der Waals surface area (Å²) in [5.41, 5.74) is 0. The van der Waals surface area contributed by atoms with Gasteiger partial charge in [-0.15, -0.1) is 0 Å². The van der Waals surface area contributed by atoms with Crippen molar-refractivity contribution in [2.75, 3.05) is 6.61 Å². The zero-order valence-electron chi connectivity index (χ0n) is 5.83. The van der Waals surface area contributed by atoms with Gasteiger partial charge in [0.25, 0.3) is 5.06 Å². The maximum atomic E-state index is 9.71. The molecule has 1 unspecified atom stereocenters. The molecule has 0 rings (SSSR count). The second-order valence-electron chi connectivity index (χ2n) is 1.22. The number of halogens is 1. The van der Waals surface area contributed by atoms with Crippen LogP contribution in [0.3, 0.4) is 0 Å². The number of carbonyl (C=O) groups is 1. The molecule has 0 aromatic carbocycles. The van der Waals surface area contributed by atoms with Gasteiger partial charge in [0.1, 0.15) is 0 Å². The van der Waals surface area contributed by atoms with Gasteiger partial charge in [-0.2, -0.15) is 0 Å². The van der Waals surface area contributed by atoms with E-state index >= 15 is 0 Å². The standard InChI is InChI=1S/C3H5ClO4.Al.Na.4H/c4-3(8,1-5)2(6)7;;;;;;/h5,8H,1H2,(H,6,7);;;;;;/q;;+1;;;;-1. The summed E-state index contributed by atoms with van der Waals surface area (Å²) in [6, 6.07) is 0. The summed E-state index contributed by atoms with van der Waals surface area (Å²) in [5.74, 6) is -1.65. The second kappa shape index (κ2) is 6.89. The molecule has 0 aliphatic heterocycles. The van der Waals surface area contributed by atoms with E-state index in [1.807, 2.05) is 0 Å². The van der Waals surface area contributed by atoms with Gasteiger partial charge < -0.3 is 16.7 Å². The molecule has 0 saturated carbocycles. The molecule has 0 saturated heterocycles. The Morgan fingerprint density at radius 1 is 1.70 bits per heavy atom. The Balaban J connectivity index is -0.0000000817. The van der Waals surface area contributed by atoms with Crippen molar-refractivity contribution in [3.63, 3.8) is 0 Å². The smallest absolute Gasteiger partial charge is 1.00 e. The van der Waals surface area contributed by atoms with Crippen LogP contribution in [-0.2, 0) is 4.79 Å². The zero-order valence-corrected chi connectivity index (χ0v) is 7.59. The van der Waals surface area contributed by atoms with E-state index in [9.17, 15) is 4.79 Å². The fourth-order valence-corrected chi connectivity index (χ4v) is 0.0676. The third-order valence-corrected chi connectivity index (χ3v) is 0.818. The van der Waals surface area contributed by atoms with Gasteiger partial charge in [0.05, 0.1) is 6.61 Å². The number of hydrogen-bond acceptors (Lipinski definition) is 3. The summed E-state index contributed by atoms with van der Waals surface area (Å²) in [7, 11) is 0. The predicted molar refractivity (Wildman–Crippen MR) is 36.6 cm³/mol. The number of carboxylic acids is 1. The second-order valence-corrected chi connectivity index (χ2v) is 1.85. The molecule has 0 aromatic heterocycles. The first-order valence-corrected chi connectivity index (χ1v) is 2.14. The van der Waals surface area contributed by atoms with Crippen molar-refractivity contribution in [3.8, 4) is 0 Å². The first kappa shape index (κ1) is 17.3. The minimum Gasteiger partial charge on any atom is -1.00 e. The largest absolute Gasteiger partial charge is 1.00 e. The number of aliphatic hydroxyl groups is 2. The number of hydrogen-bond donors (Lipinski definition) is 3. The summed E-state index contributed by atoms with van der Waals surface area (Å²) in [4.78, 5) is 9.71. The van der Waals surface area contributed by atoms with E-state index in [4.69, 9.17) is 26.9 Å². The first-order valence-electron chi connectivity index (χ1n) is 1.76. The average molecular weight is 195 g/mol. The summed E-state index contributed by atoms with van der Waals surface area (Å²) >= 11 is 4.76. The summed E-state index contributed by atoms with van der Waals surface area (Å²) in [5, 5.41) is 21.7. The molecule has 3 N–H and O–H groups in total. The van der Waals surface area contributed by atoms with Gasteiger partial charge in [-0.05, 0) is 0 Å². The maximum absolute atomic E-state index is 9.71. The number of aliphatic hydroxyl groups excluding tert-OH is 1. The van der Waals surface area contributed by atoms with Crippen LogP contribution in [-0.4, -0.2) is 50.3 Å². The first-order chi connectivity index (χ1) is 3.50. The average Bonchev–Trinajstić information content (AvgIpc) is 1.67. The van der Waals surface area contributed by atoms with E-state index in [2.05, 4.69) is 0 Å². The van der Waals surface area contributed by atoms with Crippen LogP contribution in [0.2, 0.25) is 0 Å². The van der Waals surface area contributed by atoms with Crippen LogP contribution in [0, 0.1) is 0 Å². The number of carboxylic acid groups (broad SMARTS) is 1. The Morgan fingerprint density at radius 3 is 2.00 bits per heavy atom. The van der Waals surface area contributed by atoms with Crippen molar-refractivity contribution in [1.82, 2.24) is 0 Å². The molecule has 56 valence electrons. The predicted octanol–water partition coefficient (Wildman–Crippen LogP) is -5.08. The third kappa shape index (κ3) is 5.96. The number of rotatable bonds is 2. The monoisotopic (exact) mass is 194 g/mol. The van der Waals surface area contributed by atoms with Crippen molar-refractivity contribution < 1.29 is 51.1 Å². The van der Waals surface area contributed by atoms with Crippen LogP contribution in [0.5, 0.6) is 0 Å². The molecule has 0 aliphatic carbocycles. The fourth-order valence-electron chi connectivity index (χ4n) is 0.0676. The summed E-state index contributed by atoms with van der Waals surface area (Å²) in [6.07, 6.45) is 0. The molecule has 0 heterocycles. The van der Waals surface area contributed by atoms with Gasteiger partial charge in [-0.25, -0.2) is 4.79 Å². The molecule has 4 nitrogen and oxygen atoms in total. The fraction of sp³-hybridized carbons (Fsp3) is 0.667. The van der Waals surface area contributed by atoms with Crippen LogP contribution in [0.15, 0.2) is 0 Å². The Bertz CT molecular complexity index is 114. The van der Waals surface area contributed by atoms with Crippen LogP contribution in [0.4, 0.5) is 0 Å². The van der Waals surface area contributed by atoms with E-state index < -0.39 is 17.6 Å². The van der Waals surface area contributed by atoms with Crippen LogP contribution >= 0.6 is 11.6 Å². The molecule has 0 aliphatic rings. The Morgan fingerprint density at radius 2 is 2.00 bits per heavy atom. The normalized spacial score (nSPS) is 13.9. The molecule has 0 aromatic rings. The van der Waals surface area contributed by atoms with Gasteiger partial charge in [-0.1, -0.05) is 11.6 Å². The van der Waals surface area contributed by atoms with E-state index in [0.717, 1.165) is 0 Å². The zero-order chi connectivity index (χ0) is 6.78. The summed E-state index contributed by atoms with van der Waals surface area (Å²) in [6.45, 7) is -0.996. The maximum Gasteiger partial charge on any atom is 1.00 e. The minimum absolute atomic E-state index is 0. The molecule has 0 bridgehead atoms. The van der Waals surface area contributed by atoms with E-state index in [1.165, 1.54) is 0 Å². The van der Waals surface area contributed by atoms with Crippen LogP contribution < -0.4 is 29.6 Å². The molecule has 10 heavy (non-hydrogen) atoms. The van der Waals surface area contributed by atoms with Gasteiger partial charge in [-0.3, -0.25) is 0 Å². The SMILES string of the molecule is O=C(O)C(O)(Cl)CO.[AlH3].[H-].[Na+]. The van der Waals surface area contributed by atoms with Gasteiger partial charge in [0, 0.05) is 0 Å². The third-order valence-electron chi connectivity index (χ3n) is 0.537. The molecular formula is C3H9AlClNaO4. The molecular weight excluding hydrogens is 185 g/mol. The van der Waals surface area contributed by atoms with Gasteiger partial charge >= 0.3 is 35.5 Å². The molecule has 0 amide bonds. The Hall–Kier alpha value is 1.21. The van der Waals surface area contributed by atoms with Crippen LogP contribution in [0.1, 0.15) is 1.43 Å². The van der Waals surface area contributed by atoms with E-state index in [0.29, 0.717) is 0 Å². The van der Waals surface area contributed by atoms with Crippen molar-refractivity contribution in [1.29, 1.82) is 0 Å².